The summed E-state index contributed by atoms with van der Waals surface area (Å²) in [7, 11) is 1.61. The van der Waals surface area contributed by atoms with Crippen LogP contribution in [0.1, 0.15) is 16.9 Å². The Hall–Kier alpha value is -3.87. The molecule has 3 aromatic rings. The van der Waals surface area contributed by atoms with Gasteiger partial charge in [-0.2, -0.15) is 0 Å². The molecular weight excluding hydrogens is 394 g/mol. The number of benzene rings is 2. The predicted molar refractivity (Wildman–Crippen MR) is 114 cm³/mol. The second-order valence-electron chi connectivity index (χ2n) is 7.58. The average molecular weight is 417 g/mol. The zero-order chi connectivity index (χ0) is 21.8. The van der Waals surface area contributed by atoms with E-state index in [1.165, 1.54) is 11.2 Å². The van der Waals surface area contributed by atoms with Gasteiger partial charge in [-0.3, -0.25) is 14.5 Å². The molecule has 1 aliphatic rings. The normalized spacial score (nSPS) is 18.2. The van der Waals surface area contributed by atoms with Crippen molar-refractivity contribution >= 4 is 17.8 Å². The van der Waals surface area contributed by atoms with Crippen LogP contribution < -0.4 is 5.32 Å². The summed E-state index contributed by atoms with van der Waals surface area (Å²) in [6, 6.07) is 21.6. The van der Waals surface area contributed by atoms with Gasteiger partial charge >= 0.3 is 6.03 Å². The Morgan fingerprint density at radius 2 is 1.68 bits per heavy atom. The van der Waals surface area contributed by atoms with Crippen molar-refractivity contribution in [1.82, 2.24) is 15.1 Å². The first kappa shape index (κ1) is 20.4. The summed E-state index contributed by atoms with van der Waals surface area (Å²) in [5.74, 6) is -0.175. The Bertz CT molecular complexity index is 1070. The first-order valence-electron chi connectivity index (χ1n) is 9.99. The van der Waals surface area contributed by atoms with Crippen LogP contribution in [0.2, 0.25) is 0 Å². The van der Waals surface area contributed by atoms with Crippen LogP contribution in [0.5, 0.6) is 0 Å². The van der Waals surface area contributed by atoms with Gasteiger partial charge in [0, 0.05) is 13.5 Å². The third kappa shape index (κ3) is 4.07. The van der Waals surface area contributed by atoms with E-state index < -0.39 is 17.5 Å². The van der Waals surface area contributed by atoms with Gasteiger partial charge in [-0.05, 0) is 23.3 Å². The Labute approximate surface area is 180 Å². The number of rotatable bonds is 7. The molecule has 4 rings (SSSR count). The maximum Gasteiger partial charge on any atom is 0.325 e. The highest BCUT2D eigenvalue weighted by Gasteiger charge is 2.52. The number of carbonyl (C=O) groups is 3. The van der Waals surface area contributed by atoms with Crippen molar-refractivity contribution in [2.75, 3.05) is 13.6 Å². The van der Waals surface area contributed by atoms with E-state index in [9.17, 15) is 14.4 Å². The molecule has 2 aromatic carbocycles. The minimum atomic E-state index is -1.26. The van der Waals surface area contributed by atoms with Crippen molar-refractivity contribution in [1.29, 1.82) is 0 Å². The molecule has 0 bridgehead atoms. The van der Waals surface area contributed by atoms with E-state index in [-0.39, 0.29) is 25.4 Å². The lowest BCUT2D eigenvalue weighted by Gasteiger charge is -2.28. The number of carbonyl (C=O) groups excluding carboxylic acids is 3. The molecule has 0 radical (unpaired) electrons. The van der Waals surface area contributed by atoms with Crippen LogP contribution in [-0.2, 0) is 28.1 Å². The number of furan rings is 1. The minimum absolute atomic E-state index is 0.253. The van der Waals surface area contributed by atoms with Crippen molar-refractivity contribution in [2.24, 2.45) is 0 Å². The first-order chi connectivity index (χ1) is 15.0. The van der Waals surface area contributed by atoms with E-state index in [4.69, 9.17) is 4.42 Å². The highest BCUT2D eigenvalue weighted by molar-refractivity contribution is 6.09. The molecule has 2 heterocycles. The Morgan fingerprint density at radius 3 is 2.32 bits per heavy atom. The number of nitrogens with zero attached hydrogens (tertiary/aromatic N) is 2. The van der Waals surface area contributed by atoms with Crippen molar-refractivity contribution in [2.45, 2.75) is 18.5 Å². The van der Waals surface area contributed by atoms with Crippen LogP contribution >= 0.6 is 0 Å². The second-order valence-corrected chi connectivity index (χ2v) is 7.58. The molecule has 0 saturated carbocycles. The van der Waals surface area contributed by atoms with E-state index >= 15 is 0 Å². The molecule has 4 amide bonds. The summed E-state index contributed by atoms with van der Waals surface area (Å²) in [4.78, 5) is 41.6. The van der Waals surface area contributed by atoms with E-state index in [0.29, 0.717) is 11.3 Å². The Kier molecular flexibility index (Phi) is 5.58. The van der Waals surface area contributed by atoms with Crippen LogP contribution in [0.3, 0.4) is 0 Å². The van der Waals surface area contributed by atoms with Crippen LogP contribution in [0.15, 0.2) is 83.5 Å². The number of hydrogen-bond acceptors (Lipinski definition) is 4. The van der Waals surface area contributed by atoms with Crippen molar-refractivity contribution in [3.05, 3.63) is 95.9 Å². The molecule has 31 heavy (non-hydrogen) atoms. The fourth-order valence-corrected chi connectivity index (χ4v) is 3.79. The van der Waals surface area contributed by atoms with Gasteiger partial charge < -0.3 is 14.6 Å². The van der Waals surface area contributed by atoms with Crippen LogP contribution in [0.25, 0.3) is 0 Å². The number of nitrogens with one attached hydrogen (secondary N) is 1. The first-order valence-corrected chi connectivity index (χ1v) is 9.99. The number of hydrogen-bond donors (Lipinski definition) is 1. The van der Waals surface area contributed by atoms with Crippen LogP contribution in [0.4, 0.5) is 4.79 Å². The zero-order valence-corrected chi connectivity index (χ0v) is 17.2. The SMILES string of the molecule is CN(Cc1ccco1)C(=O)CN1C(=O)NC(Cc2ccccc2)(c2ccccc2)C1=O. The monoisotopic (exact) mass is 417 g/mol. The van der Waals surface area contributed by atoms with Crippen molar-refractivity contribution in [3.63, 3.8) is 0 Å². The molecular formula is C24H23N3O4. The lowest BCUT2D eigenvalue weighted by molar-refractivity contribution is -0.138. The number of amides is 4. The molecule has 7 heteroatoms. The molecule has 1 unspecified atom stereocenters. The van der Waals surface area contributed by atoms with Gasteiger partial charge in [0.15, 0.2) is 5.54 Å². The summed E-state index contributed by atoms with van der Waals surface area (Å²) in [6.45, 7) is -0.0887. The molecule has 1 saturated heterocycles. The van der Waals surface area contributed by atoms with Gasteiger partial charge in [0.2, 0.25) is 5.91 Å². The van der Waals surface area contributed by atoms with E-state index in [2.05, 4.69) is 5.32 Å². The highest BCUT2D eigenvalue weighted by atomic mass is 16.3. The molecule has 1 N–H and O–H groups in total. The largest absolute Gasteiger partial charge is 0.467 e. The number of imide groups is 1. The molecule has 1 atom stereocenters. The van der Waals surface area contributed by atoms with Gasteiger partial charge in [0.05, 0.1) is 12.8 Å². The zero-order valence-electron chi connectivity index (χ0n) is 17.2. The predicted octanol–water partition coefficient (Wildman–Crippen LogP) is 2.93. The summed E-state index contributed by atoms with van der Waals surface area (Å²) >= 11 is 0. The molecule has 1 fully saturated rings. The Balaban J connectivity index is 1.59. The Morgan fingerprint density at radius 1 is 1.00 bits per heavy atom. The maximum absolute atomic E-state index is 13.6. The summed E-state index contributed by atoms with van der Waals surface area (Å²) in [5, 5.41) is 2.87. The molecule has 1 aliphatic heterocycles. The smallest absolute Gasteiger partial charge is 0.325 e. The number of urea groups is 1. The average Bonchev–Trinajstić information content (AvgIpc) is 3.37. The molecule has 7 nitrogen and oxygen atoms in total. The summed E-state index contributed by atoms with van der Waals surface area (Å²) in [5.41, 5.74) is 0.318. The standard InChI is InChI=1S/C24H23N3O4/c1-26(16-20-13-8-14-31-20)21(28)17-27-22(29)24(25-23(27)30,19-11-6-3-7-12-19)15-18-9-4-2-5-10-18/h2-14H,15-17H2,1H3,(H,25,30). The van der Waals surface area contributed by atoms with Gasteiger partial charge in [0.1, 0.15) is 12.3 Å². The number of likely N-dealkylation sites (N-methyl/N-ethyl adjacent to an activating group) is 1. The van der Waals surface area contributed by atoms with Crippen LogP contribution in [0, 0.1) is 0 Å². The molecule has 1 aromatic heterocycles. The van der Waals surface area contributed by atoms with Gasteiger partial charge in [-0.1, -0.05) is 60.7 Å². The topological polar surface area (TPSA) is 82.9 Å². The fourth-order valence-electron chi connectivity index (χ4n) is 3.79. The third-order valence-electron chi connectivity index (χ3n) is 5.45. The van der Waals surface area contributed by atoms with E-state index in [0.717, 1.165) is 10.5 Å². The molecule has 0 aliphatic carbocycles. The minimum Gasteiger partial charge on any atom is -0.467 e. The summed E-state index contributed by atoms with van der Waals surface area (Å²) in [6.07, 6.45) is 1.82. The van der Waals surface area contributed by atoms with E-state index in [1.807, 2.05) is 60.7 Å². The lowest BCUT2D eigenvalue weighted by atomic mass is 9.83. The quantitative estimate of drug-likeness (QED) is 0.599. The second kappa shape index (κ2) is 8.47. The highest BCUT2D eigenvalue weighted by Crippen LogP contribution is 2.33. The van der Waals surface area contributed by atoms with Crippen molar-refractivity contribution in [3.8, 4) is 0 Å². The summed E-state index contributed by atoms with van der Waals surface area (Å²) < 4.78 is 5.27. The molecule has 158 valence electrons. The maximum atomic E-state index is 13.6. The van der Waals surface area contributed by atoms with Gasteiger partial charge in [0.25, 0.3) is 5.91 Å². The van der Waals surface area contributed by atoms with Gasteiger partial charge in [-0.25, -0.2) is 4.79 Å². The van der Waals surface area contributed by atoms with Crippen LogP contribution in [-0.4, -0.2) is 41.2 Å². The fraction of sp³-hybridized carbons (Fsp3) is 0.208. The molecule has 0 spiro atoms. The lowest BCUT2D eigenvalue weighted by Crippen LogP contribution is -2.47. The third-order valence-corrected chi connectivity index (χ3v) is 5.45. The van der Waals surface area contributed by atoms with Gasteiger partial charge in [-0.15, -0.1) is 0 Å². The van der Waals surface area contributed by atoms with E-state index in [1.54, 1.807) is 19.2 Å². The van der Waals surface area contributed by atoms with Crippen molar-refractivity contribution < 1.29 is 18.8 Å².